The predicted octanol–water partition coefficient (Wildman–Crippen LogP) is 4.60. The molecule has 136 valence electrons. The van der Waals surface area contributed by atoms with Crippen molar-refractivity contribution in [3.63, 3.8) is 0 Å². The minimum absolute atomic E-state index is 0.00272. The van der Waals surface area contributed by atoms with Gasteiger partial charge in [0.15, 0.2) is 5.72 Å². The normalized spacial score (nSPS) is 20.2. The Hall–Kier alpha value is -2.09. The maximum atomic E-state index is 13.2. The van der Waals surface area contributed by atoms with Crippen molar-refractivity contribution in [2.75, 3.05) is 0 Å². The first kappa shape index (κ1) is 18.7. The quantitative estimate of drug-likeness (QED) is 0.797. The minimum atomic E-state index is -4.79. The van der Waals surface area contributed by atoms with Crippen LogP contribution >= 0.6 is 23.2 Å². The number of hydrogen-bond acceptors (Lipinski definition) is 3. The zero-order chi connectivity index (χ0) is 19.1. The van der Waals surface area contributed by atoms with Gasteiger partial charge in [-0.25, -0.2) is 0 Å². The SMILES string of the molecule is O=C(c1cccc(Cl)c1)N1N=C(C(F)(F)F)C[C@]1(O)c1ccc(Cl)cc1. The van der Waals surface area contributed by atoms with E-state index < -0.39 is 29.9 Å². The second-order valence-electron chi connectivity index (χ2n) is 5.67. The van der Waals surface area contributed by atoms with Gasteiger partial charge >= 0.3 is 6.18 Å². The molecule has 0 saturated heterocycles. The molecule has 2 aromatic rings. The van der Waals surface area contributed by atoms with Crippen LogP contribution in [0.4, 0.5) is 13.2 Å². The highest BCUT2D eigenvalue weighted by molar-refractivity contribution is 6.31. The van der Waals surface area contributed by atoms with Gasteiger partial charge in [-0.3, -0.25) is 4.79 Å². The van der Waals surface area contributed by atoms with Crippen LogP contribution in [0.15, 0.2) is 53.6 Å². The summed E-state index contributed by atoms with van der Waals surface area (Å²) in [6, 6.07) is 11.1. The van der Waals surface area contributed by atoms with Crippen molar-refractivity contribution in [3.8, 4) is 0 Å². The van der Waals surface area contributed by atoms with Gasteiger partial charge < -0.3 is 5.11 Å². The largest absolute Gasteiger partial charge is 0.431 e. The van der Waals surface area contributed by atoms with Crippen molar-refractivity contribution in [1.82, 2.24) is 5.01 Å². The van der Waals surface area contributed by atoms with E-state index >= 15 is 0 Å². The number of halogens is 5. The van der Waals surface area contributed by atoms with Crippen LogP contribution in [0, 0.1) is 0 Å². The molecule has 2 aromatic carbocycles. The monoisotopic (exact) mass is 402 g/mol. The number of benzene rings is 2. The van der Waals surface area contributed by atoms with Gasteiger partial charge in [-0.05, 0) is 30.3 Å². The molecule has 0 bridgehead atoms. The van der Waals surface area contributed by atoms with E-state index in [2.05, 4.69) is 5.10 Å². The van der Waals surface area contributed by atoms with Gasteiger partial charge in [-0.2, -0.15) is 23.3 Å². The van der Waals surface area contributed by atoms with E-state index in [9.17, 15) is 23.1 Å². The highest BCUT2D eigenvalue weighted by Crippen LogP contribution is 2.40. The third-order valence-electron chi connectivity index (χ3n) is 3.88. The molecule has 4 nitrogen and oxygen atoms in total. The van der Waals surface area contributed by atoms with E-state index in [-0.39, 0.29) is 16.1 Å². The van der Waals surface area contributed by atoms with Crippen molar-refractivity contribution in [2.45, 2.75) is 18.3 Å². The Morgan fingerprint density at radius 2 is 1.77 bits per heavy atom. The number of rotatable bonds is 2. The number of hydrazone groups is 1. The predicted molar refractivity (Wildman–Crippen MR) is 91.1 cm³/mol. The maximum Gasteiger partial charge on any atom is 0.431 e. The number of amides is 1. The standard InChI is InChI=1S/C17H11Cl2F3N2O2/c18-12-6-4-11(5-7-12)16(26)9-14(17(20,21)22)23-24(16)15(25)10-2-1-3-13(19)8-10/h1-8,26H,9H2/t16-/m0/s1. The Bertz CT molecular complexity index is 884. The van der Waals surface area contributed by atoms with E-state index in [1.807, 2.05) is 0 Å². The summed E-state index contributed by atoms with van der Waals surface area (Å²) in [4.78, 5) is 12.7. The summed E-state index contributed by atoms with van der Waals surface area (Å²) >= 11 is 11.6. The third-order valence-corrected chi connectivity index (χ3v) is 4.37. The van der Waals surface area contributed by atoms with Crippen LogP contribution in [0.3, 0.4) is 0 Å². The number of carbonyl (C=O) groups excluding carboxylic acids is 1. The van der Waals surface area contributed by atoms with E-state index in [4.69, 9.17) is 23.2 Å². The van der Waals surface area contributed by atoms with Crippen LogP contribution in [0.1, 0.15) is 22.3 Å². The smallest absolute Gasteiger partial charge is 0.365 e. The molecule has 26 heavy (non-hydrogen) atoms. The zero-order valence-electron chi connectivity index (χ0n) is 13.0. The van der Waals surface area contributed by atoms with E-state index in [1.54, 1.807) is 0 Å². The first-order valence-electron chi connectivity index (χ1n) is 7.34. The molecule has 1 N–H and O–H groups in total. The van der Waals surface area contributed by atoms with Gasteiger partial charge in [0.1, 0.15) is 5.71 Å². The lowest BCUT2D eigenvalue weighted by Gasteiger charge is -2.31. The highest BCUT2D eigenvalue weighted by atomic mass is 35.5. The number of alkyl halides is 3. The first-order chi connectivity index (χ1) is 12.1. The van der Waals surface area contributed by atoms with Crippen LogP contribution in [-0.4, -0.2) is 27.9 Å². The number of nitrogens with zero attached hydrogens (tertiary/aromatic N) is 2. The molecule has 0 radical (unpaired) electrons. The summed E-state index contributed by atoms with van der Waals surface area (Å²) in [6.45, 7) is 0. The van der Waals surface area contributed by atoms with Gasteiger partial charge in [-0.15, -0.1) is 0 Å². The Labute approximate surface area is 156 Å². The fraction of sp³-hybridized carbons (Fsp3) is 0.176. The molecule has 1 heterocycles. The molecule has 1 amide bonds. The lowest BCUT2D eigenvalue weighted by molar-refractivity contribution is -0.0816. The molecule has 0 unspecified atom stereocenters. The Morgan fingerprint density at radius 3 is 2.35 bits per heavy atom. The molecule has 1 aliphatic heterocycles. The van der Waals surface area contributed by atoms with Crippen LogP contribution in [0.25, 0.3) is 0 Å². The second-order valence-corrected chi connectivity index (χ2v) is 6.54. The van der Waals surface area contributed by atoms with Gasteiger partial charge in [0.2, 0.25) is 0 Å². The van der Waals surface area contributed by atoms with Crippen molar-refractivity contribution >= 4 is 34.8 Å². The molecule has 0 fully saturated rings. The number of carbonyl (C=O) groups is 1. The summed E-state index contributed by atoms with van der Waals surface area (Å²) in [7, 11) is 0. The molecular weight excluding hydrogens is 392 g/mol. The highest BCUT2D eigenvalue weighted by Gasteiger charge is 2.53. The van der Waals surface area contributed by atoms with Crippen molar-refractivity contribution in [3.05, 3.63) is 69.7 Å². The van der Waals surface area contributed by atoms with Gasteiger partial charge in [-0.1, -0.05) is 41.4 Å². The van der Waals surface area contributed by atoms with E-state index in [0.717, 1.165) is 0 Å². The molecule has 9 heteroatoms. The molecule has 0 saturated carbocycles. The van der Waals surface area contributed by atoms with Gasteiger partial charge in [0.05, 0.1) is 6.42 Å². The average Bonchev–Trinajstić information content (AvgIpc) is 2.94. The van der Waals surface area contributed by atoms with Crippen molar-refractivity contribution in [2.24, 2.45) is 5.10 Å². The van der Waals surface area contributed by atoms with Gasteiger partial charge in [0.25, 0.3) is 5.91 Å². The lowest BCUT2D eigenvalue weighted by atomic mass is 9.96. The summed E-state index contributed by atoms with van der Waals surface area (Å²) in [5.74, 6) is -0.913. The molecule has 1 aliphatic rings. The maximum absolute atomic E-state index is 13.2. The first-order valence-corrected chi connectivity index (χ1v) is 8.10. The van der Waals surface area contributed by atoms with E-state index in [1.165, 1.54) is 48.5 Å². The van der Waals surface area contributed by atoms with Crippen LogP contribution in [0.5, 0.6) is 0 Å². The summed E-state index contributed by atoms with van der Waals surface area (Å²) in [5.41, 5.74) is -3.50. The van der Waals surface area contributed by atoms with E-state index in [0.29, 0.717) is 10.0 Å². The van der Waals surface area contributed by atoms with Crippen LogP contribution < -0.4 is 0 Å². The topological polar surface area (TPSA) is 52.9 Å². The fourth-order valence-corrected chi connectivity index (χ4v) is 2.92. The molecule has 0 aromatic heterocycles. The fourth-order valence-electron chi connectivity index (χ4n) is 2.60. The van der Waals surface area contributed by atoms with Crippen molar-refractivity contribution in [1.29, 1.82) is 0 Å². The van der Waals surface area contributed by atoms with Crippen LogP contribution in [-0.2, 0) is 5.72 Å². The molecule has 3 rings (SSSR count). The van der Waals surface area contributed by atoms with Crippen molar-refractivity contribution < 1.29 is 23.1 Å². The summed E-state index contributed by atoms with van der Waals surface area (Å²) in [6.07, 6.45) is -5.69. The average molecular weight is 403 g/mol. The number of aliphatic hydroxyl groups is 1. The van der Waals surface area contributed by atoms with Gasteiger partial charge in [0, 0.05) is 21.2 Å². The summed E-state index contributed by atoms with van der Waals surface area (Å²) in [5, 5.41) is 15.3. The summed E-state index contributed by atoms with van der Waals surface area (Å²) < 4.78 is 39.5. The molecular formula is C17H11Cl2F3N2O2. The Kier molecular flexibility index (Phi) is 4.72. The lowest BCUT2D eigenvalue weighted by Crippen LogP contribution is -2.43. The van der Waals surface area contributed by atoms with Crippen LogP contribution in [0.2, 0.25) is 10.0 Å². The molecule has 1 atom stereocenters. The third kappa shape index (κ3) is 3.42. The minimum Gasteiger partial charge on any atom is -0.365 e. The zero-order valence-corrected chi connectivity index (χ0v) is 14.5. The Morgan fingerprint density at radius 1 is 1.12 bits per heavy atom. The molecule has 0 aliphatic carbocycles. The number of hydrogen-bond donors (Lipinski definition) is 1. The second kappa shape index (κ2) is 6.57. The Balaban J connectivity index is 2.08. The molecule has 0 spiro atoms.